The molecule has 1 saturated carbocycles. The van der Waals surface area contributed by atoms with Crippen molar-refractivity contribution in [2.45, 2.75) is 45.6 Å². The molecule has 4 nitrogen and oxygen atoms in total. The van der Waals surface area contributed by atoms with Crippen LogP contribution < -0.4 is 5.32 Å². The first kappa shape index (κ1) is 15.3. The molecule has 110 valence electrons. The van der Waals surface area contributed by atoms with Gasteiger partial charge in [-0.05, 0) is 36.3 Å². The van der Waals surface area contributed by atoms with Crippen molar-refractivity contribution in [2.75, 3.05) is 6.54 Å². The third-order valence-electron chi connectivity index (χ3n) is 4.47. The van der Waals surface area contributed by atoms with Crippen molar-refractivity contribution in [1.82, 2.24) is 5.32 Å². The first-order valence-corrected chi connectivity index (χ1v) is 7.58. The first-order chi connectivity index (χ1) is 9.56. The summed E-state index contributed by atoms with van der Waals surface area (Å²) in [6.45, 7) is 3.79. The highest BCUT2D eigenvalue weighted by Crippen LogP contribution is 2.40. The number of benzene rings is 1. The molecule has 0 bridgehead atoms. The average molecular weight is 297 g/mol. The number of nitrogens with one attached hydrogen (secondary N) is 1. The van der Waals surface area contributed by atoms with Crippen molar-refractivity contribution < 1.29 is 4.92 Å². The van der Waals surface area contributed by atoms with E-state index >= 15 is 0 Å². The Labute approximate surface area is 124 Å². The number of halogens is 1. The van der Waals surface area contributed by atoms with Gasteiger partial charge in [-0.15, -0.1) is 0 Å². The molecule has 0 atom stereocenters. The number of nitro groups is 1. The van der Waals surface area contributed by atoms with E-state index in [4.69, 9.17) is 11.6 Å². The number of hydrogen-bond acceptors (Lipinski definition) is 3. The zero-order valence-corrected chi connectivity index (χ0v) is 12.6. The fourth-order valence-electron chi connectivity index (χ4n) is 3.05. The summed E-state index contributed by atoms with van der Waals surface area (Å²) in [7, 11) is 0. The Morgan fingerprint density at radius 3 is 2.70 bits per heavy atom. The highest BCUT2D eigenvalue weighted by Gasteiger charge is 2.31. The Bertz CT molecular complexity index is 485. The van der Waals surface area contributed by atoms with Gasteiger partial charge in [0.15, 0.2) is 0 Å². The molecule has 0 aliphatic heterocycles. The van der Waals surface area contributed by atoms with E-state index in [1.165, 1.54) is 38.2 Å². The van der Waals surface area contributed by atoms with Gasteiger partial charge in [-0.3, -0.25) is 10.1 Å². The molecule has 0 heterocycles. The smallest absolute Gasteiger partial charge is 0.269 e. The lowest BCUT2D eigenvalue weighted by Gasteiger charge is -2.27. The quantitative estimate of drug-likeness (QED) is 0.628. The molecule has 1 aromatic rings. The topological polar surface area (TPSA) is 55.2 Å². The molecule has 0 spiro atoms. The number of nitrogens with zero attached hydrogens (tertiary/aromatic N) is 1. The molecular weight excluding hydrogens is 276 g/mol. The number of non-ortho nitro benzene ring substituents is 1. The molecule has 5 heteroatoms. The van der Waals surface area contributed by atoms with E-state index in [2.05, 4.69) is 12.2 Å². The van der Waals surface area contributed by atoms with E-state index in [0.29, 0.717) is 17.0 Å². The number of rotatable bonds is 6. The summed E-state index contributed by atoms with van der Waals surface area (Å²) in [5.41, 5.74) is 1.30. The summed E-state index contributed by atoms with van der Waals surface area (Å²) in [6, 6.07) is 4.60. The second-order valence-corrected chi connectivity index (χ2v) is 6.10. The molecule has 1 aromatic carbocycles. The Morgan fingerprint density at radius 2 is 2.10 bits per heavy atom. The van der Waals surface area contributed by atoms with Gasteiger partial charge < -0.3 is 5.32 Å². The first-order valence-electron chi connectivity index (χ1n) is 7.20. The minimum absolute atomic E-state index is 0.0947. The van der Waals surface area contributed by atoms with Crippen molar-refractivity contribution >= 4 is 17.3 Å². The van der Waals surface area contributed by atoms with Crippen LogP contribution in [0.5, 0.6) is 0 Å². The zero-order chi connectivity index (χ0) is 14.6. The Hall–Kier alpha value is -1.13. The Kier molecular flexibility index (Phi) is 5.00. The van der Waals surface area contributed by atoms with Gasteiger partial charge in [0.1, 0.15) is 0 Å². The zero-order valence-electron chi connectivity index (χ0n) is 11.8. The molecule has 0 aromatic heterocycles. The lowest BCUT2D eigenvalue weighted by Crippen LogP contribution is -2.31. The van der Waals surface area contributed by atoms with Crippen LogP contribution >= 0.6 is 11.6 Å². The normalized spacial score (nSPS) is 17.3. The highest BCUT2D eigenvalue weighted by atomic mass is 35.5. The lowest BCUT2D eigenvalue weighted by atomic mass is 9.83. The van der Waals surface area contributed by atoms with Gasteiger partial charge in [0.25, 0.3) is 5.69 Å². The molecule has 0 unspecified atom stereocenters. The van der Waals surface area contributed by atoms with Gasteiger partial charge in [-0.1, -0.05) is 31.4 Å². The largest absolute Gasteiger partial charge is 0.312 e. The summed E-state index contributed by atoms with van der Waals surface area (Å²) < 4.78 is 0. The average Bonchev–Trinajstić information content (AvgIpc) is 2.90. The van der Waals surface area contributed by atoms with Crippen LogP contribution in [-0.2, 0) is 6.54 Å². The highest BCUT2D eigenvalue weighted by molar-refractivity contribution is 6.31. The van der Waals surface area contributed by atoms with Crippen LogP contribution in [0, 0.1) is 15.5 Å². The molecule has 0 amide bonds. The van der Waals surface area contributed by atoms with Crippen molar-refractivity contribution in [2.24, 2.45) is 5.41 Å². The van der Waals surface area contributed by atoms with Gasteiger partial charge in [0, 0.05) is 30.2 Å². The Morgan fingerprint density at radius 1 is 1.40 bits per heavy atom. The van der Waals surface area contributed by atoms with Crippen molar-refractivity contribution in [1.29, 1.82) is 0 Å². The second kappa shape index (κ2) is 6.55. The summed E-state index contributed by atoms with van der Waals surface area (Å²) in [5.74, 6) is 0. The van der Waals surface area contributed by atoms with E-state index in [1.807, 2.05) is 0 Å². The summed E-state index contributed by atoms with van der Waals surface area (Å²) >= 11 is 6.10. The molecule has 0 radical (unpaired) electrons. The van der Waals surface area contributed by atoms with Crippen molar-refractivity contribution in [3.05, 3.63) is 38.9 Å². The predicted molar refractivity (Wildman–Crippen MR) is 81.0 cm³/mol. The maximum atomic E-state index is 10.8. The third-order valence-corrected chi connectivity index (χ3v) is 4.84. The minimum atomic E-state index is -0.385. The second-order valence-electron chi connectivity index (χ2n) is 5.70. The molecule has 2 rings (SSSR count). The molecule has 1 aliphatic carbocycles. The Balaban J connectivity index is 1.96. The number of nitro benzene ring substituents is 1. The monoisotopic (exact) mass is 296 g/mol. The van der Waals surface area contributed by atoms with E-state index < -0.39 is 0 Å². The van der Waals surface area contributed by atoms with Crippen LogP contribution in [0.1, 0.15) is 44.6 Å². The van der Waals surface area contributed by atoms with E-state index in [0.717, 1.165) is 12.1 Å². The fourth-order valence-corrected chi connectivity index (χ4v) is 3.24. The van der Waals surface area contributed by atoms with Gasteiger partial charge in [-0.25, -0.2) is 0 Å². The van der Waals surface area contributed by atoms with Gasteiger partial charge in [0.2, 0.25) is 0 Å². The van der Waals surface area contributed by atoms with Gasteiger partial charge in [-0.2, -0.15) is 0 Å². The molecule has 20 heavy (non-hydrogen) atoms. The minimum Gasteiger partial charge on any atom is -0.312 e. The van der Waals surface area contributed by atoms with Crippen molar-refractivity contribution in [3.63, 3.8) is 0 Å². The number of hydrogen-bond donors (Lipinski definition) is 1. The van der Waals surface area contributed by atoms with E-state index in [9.17, 15) is 10.1 Å². The van der Waals surface area contributed by atoms with Crippen LogP contribution in [-0.4, -0.2) is 11.5 Å². The van der Waals surface area contributed by atoms with E-state index in [-0.39, 0.29) is 10.6 Å². The predicted octanol–water partition coefficient (Wildman–Crippen LogP) is 4.31. The van der Waals surface area contributed by atoms with Gasteiger partial charge in [0.05, 0.1) is 4.92 Å². The maximum Gasteiger partial charge on any atom is 0.269 e. The van der Waals surface area contributed by atoms with Crippen molar-refractivity contribution in [3.8, 4) is 0 Å². The third kappa shape index (κ3) is 3.49. The molecule has 0 saturated heterocycles. The van der Waals surface area contributed by atoms with E-state index in [1.54, 1.807) is 12.1 Å². The molecule has 1 N–H and O–H groups in total. The lowest BCUT2D eigenvalue weighted by molar-refractivity contribution is -0.384. The molecule has 1 fully saturated rings. The molecular formula is C15H21ClN2O2. The van der Waals surface area contributed by atoms with Gasteiger partial charge >= 0.3 is 0 Å². The van der Waals surface area contributed by atoms with Crippen LogP contribution in [0.4, 0.5) is 5.69 Å². The van der Waals surface area contributed by atoms with Crippen LogP contribution in [0.3, 0.4) is 0 Å². The SMILES string of the molecule is CCC1(CNCc2cc([N+](=O)[O-])ccc2Cl)CCCC1. The van der Waals surface area contributed by atoms with Crippen LogP contribution in [0.15, 0.2) is 18.2 Å². The van der Waals surface area contributed by atoms with Crippen LogP contribution in [0.25, 0.3) is 0 Å². The molecule has 1 aliphatic rings. The maximum absolute atomic E-state index is 10.8. The summed E-state index contributed by atoms with van der Waals surface area (Å²) in [4.78, 5) is 10.4. The summed E-state index contributed by atoms with van der Waals surface area (Å²) in [6.07, 6.45) is 6.36. The van der Waals surface area contributed by atoms with Crippen LogP contribution in [0.2, 0.25) is 5.02 Å². The standard InChI is InChI=1S/C15H21ClN2O2/c1-2-15(7-3-4-8-15)11-17-10-12-9-13(18(19)20)5-6-14(12)16/h5-6,9,17H,2-4,7-8,10-11H2,1H3. The summed E-state index contributed by atoms with van der Waals surface area (Å²) in [5, 5.41) is 14.8. The fraction of sp³-hybridized carbons (Fsp3) is 0.600.